The van der Waals surface area contributed by atoms with Crippen LogP contribution in [0.4, 0.5) is 4.79 Å². The minimum atomic E-state index is -1.15. The highest BCUT2D eigenvalue weighted by Crippen LogP contribution is 2.30. The average molecular weight is 392 g/mol. The van der Waals surface area contributed by atoms with Crippen LogP contribution in [0.2, 0.25) is 0 Å². The van der Waals surface area contributed by atoms with Gasteiger partial charge in [0.25, 0.3) is 0 Å². The van der Waals surface area contributed by atoms with Crippen molar-refractivity contribution in [1.29, 1.82) is 0 Å². The Bertz CT molecular complexity index is 1340. The van der Waals surface area contributed by atoms with Gasteiger partial charge in [0.05, 0.1) is 23.1 Å². The number of nitrogens with zero attached hydrogens (tertiary/aromatic N) is 3. The van der Waals surface area contributed by atoms with Crippen molar-refractivity contribution in [3.8, 4) is 11.5 Å². The Morgan fingerprint density at radius 3 is 2.76 bits per heavy atom. The van der Waals surface area contributed by atoms with Gasteiger partial charge in [-0.1, -0.05) is 6.07 Å². The lowest BCUT2D eigenvalue weighted by Gasteiger charge is -2.16. The smallest absolute Gasteiger partial charge is 0.405 e. The van der Waals surface area contributed by atoms with Gasteiger partial charge in [0.1, 0.15) is 16.8 Å². The van der Waals surface area contributed by atoms with Crippen molar-refractivity contribution in [3.63, 3.8) is 0 Å². The van der Waals surface area contributed by atoms with Crippen LogP contribution >= 0.6 is 0 Å². The van der Waals surface area contributed by atoms with Crippen molar-refractivity contribution in [2.45, 2.75) is 26.8 Å². The second-order valence-corrected chi connectivity index (χ2v) is 7.16. The van der Waals surface area contributed by atoms with E-state index in [9.17, 15) is 9.59 Å². The highest BCUT2D eigenvalue weighted by molar-refractivity contribution is 5.85. The number of benzene rings is 1. The van der Waals surface area contributed by atoms with E-state index in [0.29, 0.717) is 39.1 Å². The normalized spacial score (nSPS) is 12.4. The number of hydrogen-bond acceptors (Lipinski definition) is 5. The second kappa shape index (κ2) is 6.73. The highest BCUT2D eigenvalue weighted by Gasteiger charge is 2.20. The van der Waals surface area contributed by atoms with E-state index < -0.39 is 12.1 Å². The van der Waals surface area contributed by atoms with Crippen LogP contribution in [0.5, 0.6) is 0 Å². The molecule has 1 aromatic carbocycles. The Kier molecular flexibility index (Phi) is 4.34. The molecule has 3 aromatic heterocycles. The van der Waals surface area contributed by atoms with Gasteiger partial charge in [0.2, 0.25) is 0 Å². The Hall–Kier alpha value is -3.68. The summed E-state index contributed by atoms with van der Waals surface area (Å²) in [4.78, 5) is 28.8. The first-order chi connectivity index (χ1) is 13.8. The van der Waals surface area contributed by atoms with E-state index in [2.05, 4.69) is 15.4 Å². The van der Waals surface area contributed by atoms with Crippen LogP contribution < -0.4 is 10.7 Å². The maximum atomic E-state index is 13.1. The molecule has 0 radical (unpaired) electrons. The monoisotopic (exact) mass is 392 g/mol. The standard InChI is InChI=1S/C21H20N4O4/c1-10-7-13(12(3)23-21(27)28)20-14(8-10)18(26)11(2)19(29-20)15-5-6-17-16(24-15)9-22-25(17)4/h5-9,12,23H,1-4H3,(H,27,28). The van der Waals surface area contributed by atoms with Crippen molar-refractivity contribution in [2.24, 2.45) is 7.05 Å². The van der Waals surface area contributed by atoms with Crippen LogP contribution in [0, 0.1) is 13.8 Å². The Labute approximate surface area is 165 Å². The van der Waals surface area contributed by atoms with Crippen molar-refractivity contribution in [1.82, 2.24) is 20.1 Å². The lowest BCUT2D eigenvalue weighted by Crippen LogP contribution is -2.25. The van der Waals surface area contributed by atoms with Gasteiger partial charge in [-0.05, 0) is 44.5 Å². The van der Waals surface area contributed by atoms with Gasteiger partial charge in [0, 0.05) is 18.2 Å². The number of pyridine rings is 1. The van der Waals surface area contributed by atoms with Gasteiger partial charge in [-0.15, -0.1) is 0 Å². The molecule has 0 spiro atoms. The molecule has 1 unspecified atom stereocenters. The fourth-order valence-electron chi connectivity index (χ4n) is 3.56. The van der Waals surface area contributed by atoms with Crippen LogP contribution in [0.3, 0.4) is 0 Å². The molecule has 4 rings (SSSR count). The molecule has 0 aliphatic heterocycles. The van der Waals surface area contributed by atoms with E-state index in [1.807, 2.05) is 26.1 Å². The van der Waals surface area contributed by atoms with E-state index in [1.165, 1.54) is 0 Å². The Balaban J connectivity index is 1.99. The fraction of sp³-hybridized carbons (Fsp3) is 0.238. The molecule has 148 valence electrons. The van der Waals surface area contributed by atoms with Gasteiger partial charge >= 0.3 is 6.09 Å². The van der Waals surface area contributed by atoms with Crippen molar-refractivity contribution < 1.29 is 14.3 Å². The third-order valence-corrected chi connectivity index (χ3v) is 5.04. The fourth-order valence-corrected chi connectivity index (χ4v) is 3.56. The van der Waals surface area contributed by atoms with E-state index in [4.69, 9.17) is 9.52 Å². The second-order valence-electron chi connectivity index (χ2n) is 7.16. The van der Waals surface area contributed by atoms with Gasteiger partial charge in [-0.25, -0.2) is 9.78 Å². The average Bonchev–Trinajstić information content (AvgIpc) is 3.04. The Morgan fingerprint density at radius 2 is 2.03 bits per heavy atom. The van der Waals surface area contributed by atoms with Crippen molar-refractivity contribution in [3.05, 3.63) is 57.4 Å². The minimum Gasteiger partial charge on any atom is -0.465 e. The maximum absolute atomic E-state index is 13.1. The summed E-state index contributed by atoms with van der Waals surface area (Å²) in [5, 5.41) is 16.1. The highest BCUT2D eigenvalue weighted by atomic mass is 16.4. The maximum Gasteiger partial charge on any atom is 0.405 e. The topological polar surface area (TPSA) is 110 Å². The molecule has 8 nitrogen and oxygen atoms in total. The molecule has 0 bridgehead atoms. The summed E-state index contributed by atoms with van der Waals surface area (Å²) in [7, 11) is 1.83. The summed E-state index contributed by atoms with van der Waals surface area (Å²) in [6.07, 6.45) is 0.506. The summed E-state index contributed by atoms with van der Waals surface area (Å²) in [5.74, 6) is 0.362. The minimum absolute atomic E-state index is 0.165. The van der Waals surface area contributed by atoms with E-state index in [1.54, 1.807) is 36.9 Å². The molecule has 8 heteroatoms. The largest absolute Gasteiger partial charge is 0.465 e. The molecule has 0 saturated carbocycles. The third kappa shape index (κ3) is 3.12. The van der Waals surface area contributed by atoms with Crippen LogP contribution in [0.15, 0.2) is 39.7 Å². The molecule has 0 fully saturated rings. The molecule has 1 amide bonds. The number of hydrogen-bond donors (Lipinski definition) is 2. The van der Waals surface area contributed by atoms with E-state index in [0.717, 1.165) is 11.1 Å². The van der Waals surface area contributed by atoms with Crippen LogP contribution in [-0.2, 0) is 7.05 Å². The molecule has 0 aliphatic rings. The number of carboxylic acid groups (broad SMARTS) is 1. The zero-order chi connectivity index (χ0) is 20.9. The summed E-state index contributed by atoms with van der Waals surface area (Å²) in [5.41, 5.74) is 4.17. The van der Waals surface area contributed by atoms with Gasteiger partial charge < -0.3 is 14.8 Å². The van der Waals surface area contributed by atoms with Crippen LogP contribution in [0.1, 0.15) is 29.7 Å². The predicted octanol–water partition coefficient (Wildman–Crippen LogP) is 3.69. The Morgan fingerprint density at radius 1 is 1.28 bits per heavy atom. The first-order valence-corrected chi connectivity index (χ1v) is 9.13. The zero-order valence-electron chi connectivity index (χ0n) is 16.5. The number of amides is 1. The van der Waals surface area contributed by atoms with Crippen LogP contribution in [-0.4, -0.2) is 26.0 Å². The summed E-state index contributed by atoms with van der Waals surface area (Å²) < 4.78 is 7.90. The molecule has 0 aliphatic carbocycles. The van der Waals surface area contributed by atoms with Crippen molar-refractivity contribution >= 4 is 28.1 Å². The molecule has 2 N–H and O–H groups in total. The number of nitrogens with one attached hydrogen (secondary N) is 1. The number of carbonyl (C=O) groups is 1. The first kappa shape index (κ1) is 18.7. The molecule has 3 heterocycles. The predicted molar refractivity (Wildman–Crippen MR) is 109 cm³/mol. The number of fused-ring (bicyclic) bond motifs is 2. The number of aromatic nitrogens is 3. The summed E-state index contributed by atoms with van der Waals surface area (Å²) in [6.45, 7) is 5.27. The molecule has 1 atom stereocenters. The summed E-state index contributed by atoms with van der Waals surface area (Å²) in [6, 6.07) is 6.69. The molecule has 0 saturated heterocycles. The molecular formula is C21H20N4O4. The summed E-state index contributed by atoms with van der Waals surface area (Å²) >= 11 is 0. The first-order valence-electron chi connectivity index (χ1n) is 9.13. The van der Waals surface area contributed by atoms with E-state index >= 15 is 0 Å². The van der Waals surface area contributed by atoms with E-state index in [-0.39, 0.29) is 5.43 Å². The van der Waals surface area contributed by atoms with Crippen molar-refractivity contribution in [2.75, 3.05) is 0 Å². The van der Waals surface area contributed by atoms with Gasteiger partial charge in [0.15, 0.2) is 11.2 Å². The van der Waals surface area contributed by atoms with Gasteiger partial charge in [-0.3, -0.25) is 9.48 Å². The van der Waals surface area contributed by atoms with Crippen LogP contribution in [0.25, 0.3) is 33.5 Å². The molecule has 4 aromatic rings. The lowest BCUT2D eigenvalue weighted by molar-refractivity contribution is 0.191. The number of aryl methyl sites for hydroxylation is 2. The third-order valence-electron chi connectivity index (χ3n) is 5.04. The quantitative estimate of drug-likeness (QED) is 0.550. The lowest BCUT2D eigenvalue weighted by atomic mass is 9.99. The zero-order valence-corrected chi connectivity index (χ0v) is 16.5. The van der Waals surface area contributed by atoms with Gasteiger partial charge in [-0.2, -0.15) is 5.10 Å². The molecular weight excluding hydrogens is 372 g/mol. The number of rotatable bonds is 3. The molecule has 29 heavy (non-hydrogen) atoms. The SMILES string of the molecule is Cc1cc(C(C)NC(=O)O)c2oc(-c3ccc4c(cnn4C)n3)c(C)c(=O)c2c1.